The van der Waals surface area contributed by atoms with Gasteiger partial charge in [0.15, 0.2) is 0 Å². The lowest BCUT2D eigenvalue weighted by Gasteiger charge is -2.55. The van der Waals surface area contributed by atoms with E-state index in [-0.39, 0.29) is 5.82 Å². The van der Waals surface area contributed by atoms with Crippen molar-refractivity contribution >= 4 is 17.2 Å². The van der Waals surface area contributed by atoms with Crippen molar-refractivity contribution < 1.29 is 17.9 Å². The van der Waals surface area contributed by atoms with Gasteiger partial charge < -0.3 is 15.0 Å². The van der Waals surface area contributed by atoms with Gasteiger partial charge in [-0.15, -0.1) is 0 Å². The first-order valence-corrected chi connectivity index (χ1v) is 11.5. The predicted octanol–water partition coefficient (Wildman–Crippen LogP) is 5.24. The number of aryl methyl sites for hydroxylation is 1. The number of hydrogen-bond acceptors (Lipinski definition) is 6. The van der Waals surface area contributed by atoms with Gasteiger partial charge in [0, 0.05) is 42.3 Å². The fourth-order valence-electron chi connectivity index (χ4n) is 4.63. The lowest BCUT2D eigenvalue weighted by atomic mass is 9.78. The van der Waals surface area contributed by atoms with Crippen molar-refractivity contribution in [1.29, 1.82) is 0 Å². The Bertz CT molecular complexity index is 1420. The van der Waals surface area contributed by atoms with E-state index in [1.807, 2.05) is 37.6 Å². The van der Waals surface area contributed by atoms with Gasteiger partial charge in [-0.25, -0.2) is 9.67 Å². The minimum Gasteiger partial charge on any atom is -0.380 e. The summed E-state index contributed by atoms with van der Waals surface area (Å²) in [6, 6.07) is 11.4. The summed E-state index contributed by atoms with van der Waals surface area (Å²) in [7, 11) is 0. The van der Waals surface area contributed by atoms with Crippen LogP contribution in [-0.4, -0.2) is 46.1 Å². The SMILES string of the molecule is Cc1ccc(Nc2cccc(C(F)(F)F)n2)cc1-n1cc(-c2cncc(N3CC4(COC4)C3)c2)cn1. The highest BCUT2D eigenvalue weighted by atomic mass is 19.4. The van der Waals surface area contributed by atoms with Gasteiger partial charge in [-0.2, -0.15) is 18.3 Å². The molecule has 2 fully saturated rings. The third kappa shape index (κ3) is 4.17. The van der Waals surface area contributed by atoms with Crippen molar-refractivity contribution in [2.45, 2.75) is 13.1 Å². The first kappa shape index (κ1) is 22.5. The molecule has 7 nitrogen and oxygen atoms in total. The van der Waals surface area contributed by atoms with Crippen LogP contribution in [0.25, 0.3) is 16.8 Å². The van der Waals surface area contributed by atoms with Gasteiger partial charge in [-0.1, -0.05) is 12.1 Å². The molecular weight excluding hydrogens is 469 g/mol. The molecule has 0 aliphatic carbocycles. The fourth-order valence-corrected chi connectivity index (χ4v) is 4.63. The highest BCUT2D eigenvalue weighted by Gasteiger charge is 2.49. The average molecular weight is 493 g/mol. The van der Waals surface area contributed by atoms with Crippen molar-refractivity contribution in [2.24, 2.45) is 5.41 Å². The number of benzene rings is 1. The quantitative estimate of drug-likeness (QED) is 0.411. The van der Waals surface area contributed by atoms with E-state index in [0.717, 1.165) is 60.4 Å². The van der Waals surface area contributed by atoms with Crippen LogP contribution in [0.2, 0.25) is 0 Å². The Labute approximate surface area is 205 Å². The summed E-state index contributed by atoms with van der Waals surface area (Å²) >= 11 is 0. The smallest absolute Gasteiger partial charge is 0.380 e. The largest absolute Gasteiger partial charge is 0.433 e. The summed E-state index contributed by atoms with van der Waals surface area (Å²) in [6.07, 6.45) is 2.90. The number of pyridine rings is 2. The van der Waals surface area contributed by atoms with Gasteiger partial charge in [0.1, 0.15) is 11.5 Å². The third-order valence-electron chi connectivity index (χ3n) is 6.64. The van der Waals surface area contributed by atoms with Crippen molar-refractivity contribution in [3.8, 4) is 16.8 Å². The number of halogens is 3. The number of alkyl halides is 3. The summed E-state index contributed by atoms with van der Waals surface area (Å²) in [6.45, 7) is 5.59. The molecule has 1 N–H and O–H groups in total. The van der Waals surface area contributed by atoms with Crippen LogP contribution in [0.1, 0.15) is 11.3 Å². The van der Waals surface area contributed by atoms with Crippen LogP contribution in [0.15, 0.2) is 67.3 Å². The zero-order valence-corrected chi connectivity index (χ0v) is 19.5. The molecule has 2 aliphatic rings. The van der Waals surface area contributed by atoms with Gasteiger partial charge >= 0.3 is 6.18 Å². The van der Waals surface area contributed by atoms with Crippen LogP contribution in [-0.2, 0) is 10.9 Å². The zero-order valence-electron chi connectivity index (χ0n) is 19.5. The second-order valence-electron chi connectivity index (χ2n) is 9.49. The molecule has 1 aromatic carbocycles. The Morgan fingerprint density at radius 1 is 1.00 bits per heavy atom. The van der Waals surface area contributed by atoms with Crippen molar-refractivity contribution in [2.75, 3.05) is 36.5 Å². The Morgan fingerprint density at radius 2 is 1.83 bits per heavy atom. The van der Waals surface area contributed by atoms with Crippen LogP contribution in [0.5, 0.6) is 0 Å². The minimum absolute atomic E-state index is 0.116. The molecule has 5 heterocycles. The normalized spacial score (nSPS) is 16.5. The molecule has 0 unspecified atom stereocenters. The van der Waals surface area contributed by atoms with Gasteiger partial charge in [0.25, 0.3) is 0 Å². The van der Waals surface area contributed by atoms with E-state index in [1.165, 1.54) is 12.1 Å². The molecule has 10 heteroatoms. The van der Waals surface area contributed by atoms with E-state index >= 15 is 0 Å². The highest BCUT2D eigenvalue weighted by Crippen LogP contribution is 2.40. The number of hydrogen-bond donors (Lipinski definition) is 1. The molecule has 2 saturated heterocycles. The summed E-state index contributed by atoms with van der Waals surface area (Å²) in [4.78, 5) is 10.4. The summed E-state index contributed by atoms with van der Waals surface area (Å²) in [5.41, 5.74) is 4.71. The number of nitrogens with one attached hydrogen (secondary N) is 1. The molecule has 0 saturated carbocycles. The summed E-state index contributed by atoms with van der Waals surface area (Å²) in [5, 5.41) is 7.50. The van der Waals surface area contributed by atoms with E-state index in [1.54, 1.807) is 16.9 Å². The first-order valence-electron chi connectivity index (χ1n) is 11.5. The zero-order chi connectivity index (χ0) is 24.9. The molecule has 0 atom stereocenters. The molecule has 184 valence electrons. The molecule has 36 heavy (non-hydrogen) atoms. The third-order valence-corrected chi connectivity index (χ3v) is 6.64. The maximum absolute atomic E-state index is 13.0. The van der Waals surface area contributed by atoms with Crippen LogP contribution >= 0.6 is 0 Å². The number of ether oxygens (including phenoxy) is 1. The number of anilines is 3. The Kier molecular flexibility index (Phi) is 5.22. The summed E-state index contributed by atoms with van der Waals surface area (Å²) in [5.74, 6) is 0.116. The molecule has 0 bridgehead atoms. The molecule has 6 rings (SSSR count). The first-order chi connectivity index (χ1) is 17.3. The van der Waals surface area contributed by atoms with Crippen molar-refractivity contribution in [3.05, 3.63) is 78.5 Å². The van der Waals surface area contributed by atoms with Crippen molar-refractivity contribution in [3.63, 3.8) is 0 Å². The van der Waals surface area contributed by atoms with Crippen LogP contribution in [0, 0.1) is 12.3 Å². The molecule has 2 aliphatic heterocycles. The minimum atomic E-state index is -4.50. The lowest BCUT2D eigenvalue weighted by Crippen LogP contribution is -2.66. The maximum atomic E-state index is 13.0. The van der Waals surface area contributed by atoms with Gasteiger partial charge in [0.2, 0.25) is 0 Å². The Hall–Kier alpha value is -3.92. The molecule has 0 amide bonds. The van der Waals surface area contributed by atoms with Gasteiger partial charge in [-0.3, -0.25) is 4.98 Å². The van der Waals surface area contributed by atoms with Crippen LogP contribution < -0.4 is 10.2 Å². The number of aromatic nitrogens is 4. The van der Waals surface area contributed by atoms with E-state index in [2.05, 4.69) is 31.3 Å². The monoisotopic (exact) mass is 492 g/mol. The molecular formula is C26H23F3N6O. The second kappa shape index (κ2) is 8.34. The number of rotatable bonds is 5. The van der Waals surface area contributed by atoms with E-state index < -0.39 is 11.9 Å². The fraction of sp³-hybridized carbons (Fsp3) is 0.269. The van der Waals surface area contributed by atoms with Crippen molar-refractivity contribution in [1.82, 2.24) is 19.7 Å². The average Bonchev–Trinajstić information content (AvgIpc) is 3.29. The standard InChI is InChI=1S/C26H23F3N6O/c1-17-5-6-20(32-24-4-2-3-23(33-24)26(27,28)29)8-22(17)35-12-19(10-31-35)18-7-21(11-30-9-18)34-13-25(14-34)15-36-16-25/h2-12H,13-16H2,1H3,(H,32,33). The lowest BCUT2D eigenvalue weighted by molar-refractivity contribution is -0.141. The van der Waals surface area contributed by atoms with Crippen LogP contribution in [0.3, 0.4) is 0 Å². The Morgan fingerprint density at radius 3 is 2.58 bits per heavy atom. The Balaban J connectivity index is 1.23. The predicted molar refractivity (Wildman–Crippen MR) is 130 cm³/mol. The van der Waals surface area contributed by atoms with E-state index in [0.29, 0.717) is 11.1 Å². The molecule has 1 spiro atoms. The molecule has 0 radical (unpaired) electrons. The van der Waals surface area contributed by atoms with Crippen LogP contribution in [0.4, 0.5) is 30.4 Å². The second-order valence-corrected chi connectivity index (χ2v) is 9.49. The highest BCUT2D eigenvalue weighted by molar-refractivity contribution is 5.68. The van der Waals surface area contributed by atoms with E-state index in [9.17, 15) is 13.2 Å². The molecule has 3 aromatic heterocycles. The maximum Gasteiger partial charge on any atom is 0.433 e. The van der Waals surface area contributed by atoms with Gasteiger partial charge in [-0.05, 0) is 42.8 Å². The molecule has 4 aromatic rings. The number of nitrogens with zero attached hydrogens (tertiary/aromatic N) is 5. The summed E-state index contributed by atoms with van der Waals surface area (Å²) < 4.78 is 46.2. The van der Waals surface area contributed by atoms with E-state index in [4.69, 9.17) is 4.74 Å². The van der Waals surface area contributed by atoms with Gasteiger partial charge in [0.05, 0.1) is 42.4 Å². The topological polar surface area (TPSA) is 68.1 Å².